The molecule has 1 aliphatic heterocycles. The van der Waals surface area contributed by atoms with Gasteiger partial charge in [0.25, 0.3) is 17.4 Å². The molecule has 2 fully saturated rings. The number of anilines is 3. The van der Waals surface area contributed by atoms with Gasteiger partial charge in [-0.2, -0.15) is 23.4 Å². The Balaban J connectivity index is 1.45. The van der Waals surface area contributed by atoms with Gasteiger partial charge in [0.2, 0.25) is 0 Å². The highest BCUT2D eigenvalue weighted by Crippen LogP contribution is 2.33. The van der Waals surface area contributed by atoms with Crippen molar-refractivity contribution in [2.45, 2.75) is 37.6 Å². The SMILES string of the molecule is [C-]#[N+]c1cnc2c(NC3CC3)nc(Nc3cc(C#N)cc(CN4CCNC(C(F)(F)F)C4)c3Cl)nn12. The van der Waals surface area contributed by atoms with Crippen molar-refractivity contribution in [1.29, 1.82) is 5.26 Å². The summed E-state index contributed by atoms with van der Waals surface area (Å²) in [6.45, 7) is 7.87. The highest BCUT2D eigenvalue weighted by molar-refractivity contribution is 6.34. The number of imidazole rings is 1. The number of nitriles is 1. The van der Waals surface area contributed by atoms with E-state index < -0.39 is 12.2 Å². The zero-order valence-corrected chi connectivity index (χ0v) is 19.5. The third kappa shape index (κ3) is 4.99. The van der Waals surface area contributed by atoms with E-state index in [0.717, 1.165) is 12.8 Å². The molecule has 1 saturated heterocycles. The van der Waals surface area contributed by atoms with Gasteiger partial charge in [0.1, 0.15) is 6.04 Å². The van der Waals surface area contributed by atoms with Gasteiger partial charge in [-0.3, -0.25) is 4.90 Å². The third-order valence-corrected chi connectivity index (χ3v) is 6.40. The normalized spacial score (nSPS) is 18.6. The topological polar surface area (TPSA) is 111 Å². The first kappa shape index (κ1) is 24.1. The van der Waals surface area contributed by atoms with Gasteiger partial charge in [-0.05, 0) is 30.5 Å². The van der Waals surface area contributed by atoms with Gasteiger partial charge >= 0.3 is 6.18 Å². The molecule has 186 valence electrons. The Morgan fingerprint density at radius 2 is 2.14 bits per heavy atom. The molecule has 3 aromatic rings. The number of nitrogens with one attached hydrogen (secondary N) is 3. The summed E-state index contributed by atoms with van der Waals surface area (Å²) in [5.41, 5.74) is 1.52. The largest absolute Gasteiger partial charge is 0.405 e. The van der Waals surface area contributed by atoms with Gasteiger partial charge < -0.3 is 20.8 Å². The predicted octanol–water partition coefficient (Wildman–Crippen LogP) is 3.85. The first-order valence-electron chi connectivity index (χ1n) is 11.2. The molecule has 0 spiro atoms. The van der Waals surface area contributed by atoms with E-state index in [-0.39, 0.29) is 48.0 Å². The third-order valence-electron chi connectivity index (χ3n) is 5.95. The van der Waals surface area contributed by atoms with Crippen molar-refractivity contribution >= 4 is 40.5 Å². The molecule has 36 heavy (non-hydrogen) atoms. The average molecular weight is 517 g/mol. The summed E-state index contributed by atoms with van der Waals surface area (Å²) in [6.07, 6.45) is -0.961. The van der Waals surface area contributed by atoms with E-state index in [2.05, 4.69) is 41.9 Å². The van der Waals surface area contributed by atoms with Gasteiger partial charge in [-0.15, -0.1) is 4.52 Å². The van der Waals surface area contributed by atoms with Crippen molar-refractivity contribution in [3.05, 3.63) is 45.9 Å². The van der Waals surface area contributed by atoms with Crippen LogP contribution in [0.3, 0.4) is 0 Å². The summed E-state index contributed by atoms with van der Waals surface area (Å²) in [7, 11) is 0. The lowest BCUT2D eigenvalue weighted by Crippen LogP contribution is -2.56. The summed E-state index contributed by atoms with van der Waals surface area (Å²) >= 11 is 6.65. The summed E-state index contributed by atoms with van der Waals surface area (Å²) < 4.78 is 41.0. The molecule has 0 amide bonds. The average Bonchev–Trinajstić information content (AvgIpc) is 3.57. The number of hydrogen-bond acceptors (Lipinski definition) is 8. The first-order chi connectivity index (χ1) is 17.2. The number of alkyl halides is 3. The molecular formula is C22H20ClF3N10. The zero-order chi connectivity index (χ0) is 25.4. The minimum absolute atomic E-state index is 0.121. The number of halogens is 4. The number of fused-ring (bicyclic) bond motifs is 1. The lowest BCUT2D eigenvalue weighted by molar-refractivity contribution is -0.165. The van der Waals surface area contributed by atoms with Crippen LogP contribution in [0.15, 0.2) is 18.3 Å². The maximum atomic E-state index is 13.2. The van der Waals surface area contributed by atoms with Crippen molar-refractivity contribution in [2.24, 2.45) is 0 Å². The molecule has 1 aliphatic carbocycles. The number of nitrogens with zero attached hydrogens (tertiary/aromatic N) is 7. The minimum atomic E-state index is -4.36. The van der Waals surface area contributed by atoms with Gasteiger partial charge in [0.15, 0.2) is 5.82 Å². The van der Waals surface area contributed by atoms with Crippen LogP contribution in [-0.4, -0.2) is 62.4 Å². The van der Waals surface area contributed by atoms with Crippen LogP contribution in [0.5, 0.6) is 0 Å². The monoisotopic (exact) mass is 516 g/mol. The van der Waals surface area contributed by atoms with Crippen LogP contribution in [-0.2, 0) is 6.54 Å². The fraction of sp³-hybridized carbons (Fsp3) is 0.409. The molecule has 2 aromatic heterocycles. The van der Waals surface area contributed by atoms with Gasteiger partial charge in [0.05, 0.1) is 28.5 Å². The Morgan fingerprint density at radius 3 is 2.83 bits per heavy atom. The fourth-order valence-corrected chi connectivity index (χ4v) is 4.22. The van der Waals surface area contributed by atoms with Gasteiger partial charge in [-0.1, -0.05) is 23.3 Å². The summed E-state index contributed by atoms with van der Waals surface area (Å²) in [6, 6.07) is 3.78. The number of piperazine rings is 1. The summed E-state index contributed by atoms with van der Waals surface area (Å²) in [4.78, 5) is 13.8. The quantitative estimate of drug-likeness (QED) is 0.424. The molecular weight excluding hydrogens is 497 g/mol. The van der Waals surface area contributed by atoms with Crippen molar-refractivity contribution in [3.63, 3.8) is 0 Å². The molecule has 3 N–H and O–H groups in total. The lowest BCUT2D eigenvalue weighted by Gasteiger charge is -2.34. The Kier molecular flexibility index (Phi) is 6.30. The first-order valence-corrected chi connectivity index (χ1v) is 11.5. The van der Waals surface area contributed by atoms with E-state index in [1.165, 1.54) is 16.8 Å². The molecule has 5 rings (SSSR count). The standard InChI is InChI=1S/C22H20ClF3N10/c1-28-17-9-30-20-19(31-14-2-3-14)33-21(34-36(17)20)32-15-7-12(8-27)6-13(18(15)23)10-35-5-4-29-16(11-35)22(24,25)26/h6-7,9,14,16,29H,2-5,10-11H2,(H2,31,32,33,34). The zero-order valence-electron chi connectivity index (χ0n) is 18.8. The van der Waals surface area contributed by atoms with E-state index in [9.17, 15) is 18.4 Å². The van der Waals surface area contributed by atoms with Crippen LogP contribution in [0, 0.1) is 17.9 Å². The van der Waals surface area contributed by atoms with Gasteiger partial charge in [0, 0.05) is 32.2 Å². The Hall–Kier alpha value is -3.65. The number of rotatable bonds is 6. The molecule has 0 bridgehead atoms. The van der Waals surface area contributed by atoms with E-state index in [1.54, 1.807) is 11.0 Å². The maximum Gasteiger partial charge on any atom is 0.405 e. The second kappa shape index (κ2) is 9.43. The molecule has 0 radical (unpaired) electrons. The second-order valence-corrected chi connectivity index (χ2v) is 9.06. The predicted molar refractivity (Wildman–Crippen MR) is 126 cm³/mol. The van der Waals surface area contributed by atoms with Crippen molar-refractivity contribution in [2.75, 3.05) is 30.3 Å². The van der Waals surface area contributed by atoms with Crippen LogP contribution >= 0.6 is 11.6 Å². The van der Waals surface area contributed by atoms with Crippen LogP contribution in [0.4, 0.5) is 36.4 Å². The minimum Gasteiger partial charge on any atom is -0.362 e. The second-order valence-electron chi connectivity index (χ2n) is 8.68. The number of benzene rings is 1. The lowest BCUT2D eigenvalue weighted by atomic mass is 10.1. The summed E-state index contributed by atoms with van der Waals surface area (Å²) in [5.74, 6) is 0.775. The molecule has 1 atom stereocenters. The van der Waals surface area contributed by atoms with E-state index in [0.29, 0.717) is 29.3 Å². The van der Waals surface area contributed by atoms with Crippen LogP contribution in [0.25, 0.3) is 10.5 Å². The maximum absolute atomic E-state index is 13.2. The molecule has 2 aliphatic rings. The smallest absolute Gasteiger partial charge is 0.362 e. The molecule has 1 saturated carbocycles. The molecule has 1 aromatic carbocycles. The fourth-order valence-electron chi connectivity index (χ4n) is 4.01. The molecule has 14 heteroatoms. The summed E-state index contributed by atoms with van der Waals surface area (Å²) in [5, 5.41) is 22.9. The van der Waals surface area contributed by atoms with Crippen LogP contribution < -0.4 is 16.0 Å². The highest BCUT2D eigenvalue weighted by Gasteiger charge is 2.41. The van der Waals surface area contributed by atoms with E-state index in [4.69, 9.17) is 18.2 Å². The van der Waals surface area contributed by atoms with Crippen molar-refractivity contribution in [3.8, 4) is 6.07 Å². The highest BCUT2D eigenvalue weighted by atomic mass is 35.5. The molecule has 10 nitrogen and oxygen atoms in total. The Morgan fingerprint density at radius 1 is 1.33 bits per heavy atom. The van der Waals surface area contributed by atoms with Gasteiger partial charge in [-0.25, -0.2) is 4.98 Å². The number of aromatic nitrogens is 4. The van der Waals surface area contributed by atoms with E-state index >= 15 is 0 Å². The van der Waals surface area contributed by atoms with Crippen molar-refractivity contribution < 1.29 is 13.2 Å². The Bertz CT molecular complexity index is 1390. The van der Waals surface area contributed by atoms with Crippen LogP contribution in [0.2, 0.25) is 5.02 Å². The molecule has 1 unspecified atom stereocenters. The van der Waals surface area contributed by atoms with Crippen LogP contribution in [0.1, 0.15) is 24.0 Å². The van der Waals surface area contributed by atoms with Crippen molar-refractivity contribution in [1.82, 2.24) is 29.8 Å². The molecule has 3 heterocycles. The van der Waals surface area contributed by atoms with E-state index in [1.807, 2.05) is 0 Å². The Labute approximate surface area is 208 Å². The number of hydrogen-bond donors (Lipinski definition) is 3.